The van der Waals surface area contributed by atoms with Crippen LogP contribution in [-0.2, 0) is 11.8 Å². The summed E-state index contributed by atoms with van der Waals surface area (Å²) in [6, 6.07) is 1.78. The van der Waals surface area contributed by atoms with Gasteiger partial charge >= 0.3 is 0 Å². The number of likely N-dealkylation sites (N-methyl/N-ethyl adjacent to an activating group) is 1. The predicted molar refractivity (Wildman–Crippen MR) is 104 cm³/mol. The molecular weight excluding hydrogens is 342 g/mol. The lowest BCUT2D eigenvalue weighted by Crippen LogP contribution is -2.46. The number of nitrogens with zero attached hydrogens (tertiary/aromatic N) is 6. The van der Waals surface area contributed by atoms with Crippen LogP contribution in [0.25, 0.3) is 0 Å². The van der Waals surface area contributed by atoms with Crippen LogP contribution in [-0.4, -0.2) is 68.7 Å². The van der Waals surface area contributed by atoms with Crippen molar-refractivity contribution < 1.29 is 4.79 Å². The van der Waals surface area contributed by atoms with Crippen LogP contribution in [0.2, 0.25) is 0 Å². The summed E-state index contributed by atoms with van der Waals surface area (Å²) in [6.45, 7) is 3.85. The quantitative estimate of drug-likeness (QED) is 0.830. The van der Waals surface area contributed by atoms with Crippen LogP contribution < -0.4 is 5.32 Å². The highest BCUT2D eigenvalue weighted by molar-refractivity contribution is 5.92. The first-order valence-electron chi connectivity index (χ1n) is 9.42. The Bertz CT molecular complexity index is 748. The van der Waals surface area contributed by atoms with Crippen molar-refractivity contribution >= 4 is 11.9 Å². The second kappa shape index (κ2) is 8.58. The van der Waals surface area contributed by atoms with E-state index in [-0.39, 0.29) is 11.9 Å². The lowest BCUT2D eigenvalue weighted by Gasteiger charge is -2.41. The van der Waals surface area contributed by atoms with Crippen molar-refractivity contribution in [2.75, 3.05) is 32.5 Å². The monoisotopic (exact) mass is 371 g/mol. The minimum Gasteiger partial charge on any atom is -0.299 e. The zero-order valence-electron chi connectivity index (χ0n) is 16.5. The number of likely N-dealkylation sites (tertiary alicyclic amines) is 1. The highest BCUT2D eigenvalue weighted by Crippen LogP contribution is 2.35. The van der Waals surface area contributed by atoms with E-state index in [0.29, 0.717) is 17.9 Å². The van der Waals surface area contributed by atoms with E-state index in [2.05, 4.69) is 43.4 Å². The number of aryl methyl sites for hydroxylation is 1. The summed E-state index contributed by atoms with van der Waals surface area (Å²) < 4.78 is 1.86. The average Bonchev–Trinajstić information content (AvgIpc) is 3.07. The molecule has 1 saturated heterocycles. The number of carbonyl (C=O) groups is 1. The molecule has 3 heterocycles. The van der Waals surface area contributed by atoms with Crippen LogP contribution in [0.15, 0.2) is 30.9 Å². The Morgan fingerprint density at radius 2 is 2.11 bits per heavy atom. The average molecular weight is 371 g/mol. The minimum atomic E-state index is -0.268. The third-order valence-corrected chi connectivity index (χ3v) is 5.44. The Labute approximate surface area is 160 Å². The Kier molecular flexibility index (Phi) is 6.18. The van der Waals surface area contributed by atoms with Crippen molar-refractivity contribution in [2.24, 2.45) is 13.0 Å². The van der Waals surface area contributed by atoms with Crippen molar-refractivity contribution in [3.05, 3.63) is 36.4 Å². The van der Waals surface area contributed by atoms with E-state index in [1.165, 1.54) is 12.0 Å². The van der Waals surface area contributed by atoms with Crippen LogP contribution in [0.5, 0.6) is 0 Å². The summed E-state index contributed by atoms with van der Waals surface area (Å²) in [6.07, 6.45) is 9.61. The SMILES string of the molecule is C[C@@H](C(=O)Nc1ncccn1)N(C)C[C@@H]1CCCN(C)[C@H]1c1cnn(C)c1. The molecule has 8 heteroatoms. The van der Waals surface area contributed by atoms with E-state index >= 15 is 0 Å². The standard InChI is InChI=1S/C19H29N7O/c1-14(18(27)23-19-20-8-6-9-21-19)25(3)12-15-7-5-10-24(2)17(15)16-11-22-26(4)13-16/h6,8-9,11,13-15,17H,5,7,10,12H2,1-4H3,(H,20,21,23,27)/t14-,15-,17+/m0/s1. The molecule has 0 aromatic carbocycles. The number of amides is 1. The third-order valence-electron chi connectivity index (χ3n) is 5.44. The molecule has 1 amide bonds. The summed E-state index contributed by atoms with van der Waals surface area (Å²) in [4.78, 5) is 25.2. The van der Waals surface area contributed by atoms with Gasteiger partial charge in [0.1, 0.15) is 0 Å². The Morgan fingerprint density at radius 3 is 2.78 bits per heavy atom. The van der Waals surface area contributed by atoms with Crippen molar-refractivity contribution in [3.8, 4) is 0 Å². The van der Waals surface area contributed by atoms with Crippen LogP contribution >= 0.6 is 0 Å². The van der Waals surface area contributed by atoms with Crippen LogP contribution in [0.4, 0.5) is 5.95 Å². The van der Waals surface area contributed by atoms with Gasteiger partial charge in [0, 0.05) is 43.8 Å². The van der Waals surface area contributed by atoms with E-state index in [0.717, 1.165) is 19.5 Å². The Morgan fingerprint density at radius 1 is 1.37 bits per heavy atom. The molecule has 1 fully saturated rings. The maximum absolute atomic E-state index is 12.6. The first kappa shape index (κ1) is 19.4. The number of hydrogen-bond acceptors (Lipinski definition) is 6. The summed E-state index contributed by atoms with van der Waals surface area (Å²) in [7, 11) is 6.13. The maximum Gasteiger partial charge on any atom is 0.243 e. The van der Waals surface area contributed by atoms with Crippen molar-refractivity contribution in [3.63, 3.8) is 0 Å². The van der Waals surface area contributed by atoms with Crippen LogP contribution in [0.1, 0.15) is 31.4 Å². The van der Waals surface area contributed by atoms with Gasteiger partial charge in [0.05, 0.1) is 12.2 Å². The predicted octanol–water partition coefficient (Wildman–Crippen LogP) is 1.55. The van der Waals surface area contributed by atoms with Gasteiger partial charge < -0.3 is 0 Å². The highest BCUT2D eigenvalue weighted by atomic mass is 16.2. The van der Waals surface area contributed by atoms with E-state index in [9.17, 15) is 4.79 Å². The molecule has 3 atom stereocenters. The third kappa shape index (κ3) is 4.70. The summed E-state index contributed by atoms with van der Waals surface area (Å²) in [5.74, 6) is 0.695. The summed E-state index contributed by atoms with van der Waals surface area (Å²) >= 11 is 0. The molecule has 0 unspecified atom stereocenters. The minimum absolute atomic E-state index is 0.0919. The number of piperidine rings is 1. The summed E-state index contributed by atoms with van der Waals surface area (Å²) in [5, 5.41) is 7.14. The molecule has 0 radical (unpaired) electrons. The first-order valence-corrected chi connectivity index (χ1v) is 9.42. The Balaban J connectivity index is 1.65. The first-order chi connectivity index (χ1) is 13.0. The molecule has 3 rings (SSSR count). The normalized spacial score (nSPS) is 22.0. The molecule has 1 N–H and O–H groups in total. The van der Waals surface area contributed by atoms with Crippen molar-refractivity contribution in [2.45, 2.75) is 31.8 Å². The van der Waals surface area contributed by atoms with Gasteiger partial charge in [-0.05, 0) is 52.4 Å². The van der Waals surface area contributed by atoms with Crippen LogP contribution in [0, 0.1) is 5.92 Å². The van der Waals surface area contributed by atoms with E-state index in [1.54, 1.807) is 18.5 Å². The fraction of sp³-hybridized carbons (Fsp3) is 0.579. The van der Waals surface area contributed by atoms with Crippen molar-refractivity contribution in [1.82, 2.24) is 29.5 Å². The van der Waals surface area contributed by atoms with Gasteiger partial charge in [-0.2, -0.15) is 5.10 Å². The molecule has 1 aliphatic heterocycles. The largest absolute Gasteiger partial charge is 0.299 e. The number of aromatic nitrogens is 4. The van der Waals surface area contributed by atoms with E-state index in [1.807, 2.05) is 31.9 Å². The summed E-state index contributed by atoms with van der Waals surface area (Å²) in [5.41, 5.74) is 1.24. The van der Waals surface area contributed by atoms with Gasteiger partial charge in [0.25, 0.3) is 0 Å². The smallest absolute Gasteiger partial charge is 0.243 e. The second-order valence-electron chi connectivity index (χ2n) is 7.45. The number of rotatable bonds is 6. The molecule has 8 nitrogen and oxygen atoms in total. The van der Waals surface area contributed by atoms with Gasteiger partial charge in [-0.1, -0.05) is 0 Å². The highest BCUT2D eigenvalue weighted by Gasteiger charge is 2.33. The van der Waals surface area contributed by atoms with Crippen molar-refractivity contribution in [1.29, 1.82) is 0 Å². The number of anilines is 1. The fourth-order valence-corrected chi connectivity index (χ4v) is 3.88. The van der Waals surface area contributed by atoms with Gasteiger partial charge in [0.2, 0.25) is 11.9 Å². The molecule has 2 aromatic rings. The molecule has 27 heavy (non-hydrogen) atoms. The lowest BCUT2D eigenvalue weighted by molar-refractivity contribution is -0.120. The molecule has 146 valence electrons. The van der Waals surface area contributed by atoms with Gasteiger partial charge in [-0.25, -0.2) is 9.97 Å². The molecule has 1 aliphatic rings. The van der Waals surface area contributed by atoms with Gasteiger partial charge in [-0.15, -0.1) is 0 Å². The van der Waals surface area contributed by atoms with E-state index < -0.39 is 0 Å². The number of nitrogens with one attached hydrogen (secondary N) is 1. The fourth-order valence-electron chi connectivity index (χ4n) is 3.88. The van der Waals surface area contributed by atoms with Gasteiger partial charge in [-0.3, -0.25) is 24.6 Å². The molecule has 0 aliphatic carbocycles. The molecular formula is C19H29N7O. The van der Waals surface area contributed by atoms with Gasteiger partial charge in [0.15, 0.2) is 0 Å². The molecule has 2 aromatic heterocycles. The van der Waals surface area contributed by atoms with E-state index in [4.69, 9.17) is 0 Å². The Hall–Kier alpha value is -2.32. The molecule has 0 bridgehead atoms. The number of hydrogen-bond donors (Lipinski definition) is 1. The molecule has 0 spiro atoms. The van der Waals surface area contributed by atoms with Crippen LogP contribution in [0.3, 0.4) is 0 Å². The topological polar surface area (TPSA) is 79.2 Å². The maximum atomic E-state index is 12.6. The zero-order chi connectivity index (χ0) is 19.4. The number of carbonyl (C=O) groups excluding carboxylic acids is 1. The second-order valence-corrected chi connectivity index (χ2v) is 7.45. The zero-order valence-corrected chi connectivity index (χ0v) is 16.5. The molecule has 0 saturated carbocycles. The lowest BCUT2D eigenvalue weighted by atomic mass is 9.85.